The minimum absolute atomic E-state index is 0.279. The van der Waals surface area contributed by atoms with Crippen molar-refractivity contribution < 1.29 is 14.3 Å². The van der Waals surface area contributed by atoms with E-state index in [0.717, 1.165) is 21.3 Å². The van der Waals surface area contributed by atoms with Gasteiger partial charge in [-0.05, 0) is 29.8 Å². The second kappa shape index (κ2) is 9.30. The van der Waals surface area contributed by atoms with E-state index in [1.54, 1.807) is 12.1 Å². The van der Waals surface area contributed by atoms with Crippen LogP contribution in [-0.4, -0.2) is 39.9 Å². The zero-order valence-electron chi connectivity index (χ0n) is 19.2. The molecule has 1 atom stereocenters. The molecule has 0 aliphatic rings. The van der Waals surface area contributed by atoms with Crippen LogP contribution in [0.5, 0.6) is 11.5 Å². The van der Waals surface area contributed by atoms with E-state index in [0.29, 0.717) is 28.1 Å². The molecule has 0 fully saturated rings. The van der Waals surface area contributed by atoms with Gasteiger partial charge in [0.15, 0.2) is 11.5 Å². The van der Waals surface area contributed by atoms with Crippen molar-refractivity contribution in [2.45, 2.75) is 12.6 Å². The molecule has 2 aromatic heterocycles. The third kappa shape index (κ3) is 4.19. The number of aromatic amines is 1. The third-order valence-electron chi connectivity index (χ3n) is 5.78. The maximum absolute atomic E-state index is 13.2. The Labute approximate surface area is 200 Å². The monoisotopic (exact) mass is 469 g/mol. The third-order valence-corrected chi connectivity index (χ3v) is 5.78. The molecule has 0 unspecified atom stereocenters. The van der Waals surface area contributed by atoms with Crippen LogP contribution in [0, 0.1) is 0 Å². The minimum atomic E-state index is -0.540. The summed E-state index contributed by atoms with van der Waals surface area (Å²) in [6.07, 6.45) is 1.53. The van der Waals surface area contributed by atoms with Crippen LogP contribution in [0.2, 0.25) is 0 Å². The summed E-state index contributed by atoms with van der Waals surface area (Å²) in [7, 11) is 2.96. The van der Waals surface area contributed by atoms with Crippen molar-refractivity contribution in [3.63, 3.8) is 0 Å². The first-order valence-electron chi connectivity index (χ1n) is 11.0. The van der Waals surface area contributed by atoms with Crippen molar-refractivity contribution in [3.8, 4) is 11.5 Å². The number of methoxy groups -OCH3 is 2. The Morgan fingerprint density at radius 1 is 1.03 bits per heavy atom. The first kappa shape index (κ1) is 22.1. The van der Waals surface area contributed by atoms with Crippen molar-refractivity contribution in [1.29, 1.82) is 0 Å². The Balaban J connectivity index is 1.48. The van der Waals surface area contributed by atoms with Crippen LogP contribution in [0.15, 0.2) is 77.7 Å². The van der Waals surface area contributed by atoms with Crippen LogP contribution in [0.3, 0.4) is 0 Å². The molecule has 3 aromatic carbocycles. The topological polar surface area (TPSA) is 111 Å². The highest BCUT2D eigenvalue weighted by Gasteiger charge is 2.22. The van der Waals surface area contributed by atoms with E-state index in [-0.39, 0.29) is 6.54 Å². The molecular formula is C26H23N5O4. The van der Waals surface area contributed by atoms with Crippen molar-refractivity contribution in [2.75, 3.05) is 14.2 Å². The van der Waals surface area contributed by atoms with E-state index < -0.39 is 17.5 Å². The van der Waals surface area contributed by atoms with E-state index in [2.05, 4.69) is 20.4 Å². The van der Waals surface area contributed by atoms with Gasteiger partial charge in [-0.15, -0.1) is 0 Å². The summed E-state index contributed by atoms with van der Waals surface area (Å²) in [5, 5.41) is 8.07. The number of benzene rings is 3. The maximum Gasteiger partial charge on any atom is 0.279 e. The maximum atomic E-state index is 13.2. The predicted molar refractivity (Wildman–Crippen MR) is 132 cm³/mol. The quantitative estimate of drug-likeness (QED) is 0.379. The standard InChI is InChI=1S/C26H23N5O4/c1-34-20-13-12-17-14-27-31(26(33)22(17)24(20)35-2)15-21(32)30-23(16-8-4-3-5-9-16)25-28-18-10-6-7-11-19(18)29-25/h3-14,23H,15H2,1-2H3,(H,28,29)(H,30,32)/t23-/m1/s1. The fraction of sp³-hybridized carbons (Fsp3) is 0.154. The molecular weight excluding hydrogens is 446 g/mol. The zero-order valence-corrected chi connectivity index (χ0v) is 19.2. The highest BCUT2D eigenvalue weighted by atomic mass is 16.5. The molecule has 2 heterocycles. The van der Waals surface area contributed by atoms with E-state index >= 15 is 0 Å². The Kier molecular flexibility index (Phi) is 5.88. The number of carbonyl (C=O) groups excluding carboxylic acids is 1. The summed E-state index contributed by atoms with van der Waals surface area (Å²) >= 11 is 0. The number of aromatic nitrogens is 4. The van der Waals surface area contributed by atoms with Gasteiger partial charge in [-0.2, -0.15) is 5.10 Å². The van der Waals surface area contributed by atoms with E-state index in [1.165, 1.54) is 20.4 Å². The summed E-state index contributed by atoms with van der Waals surface area (Å²) in [6, 6.07) is 20.1. The first-order chi connectivity index (χ1) is 17.1. The van der Waals surface area contributed by atoms with Gasteiger partial charge in [0.2, 0.25) is 5.91 Å². The highest BCUT2D eigenvalue weighted by molar-refractivity contribution is 5.89. The van der Waals surface area contributed by atoms with Gasteiger partial charge in [0, 0.05) is 5.39 Å². The number of ether oxygens (including phenoxy) is 2. The van der Waals surface area contributed by atoms with Crippen LogP contribution in [0.4, 0.5) is 0 Å². The lowest BCUT2D eigenvalue weighted by Gasteiger charge is -2.18. The molecule has 5 rings (SSSR count). The number of carbonyl (C=O) groups is 1. The number of hydrogen-bond acceptors (Lipinski definition) is 6. The molecule has 1 amide bonds. The normalized spacial score (nSPS) is 11.9. The molecule has 0 saturated heterocycles. The van der Waals surface area contributed by atoms with Crippen LogP contribution >= 0.6 is 0 Å². The summed E-state index contributed by atoms with van der Waals surface area (Å²) in [4.78, 5) is 34.3. The average molecular weight is 470 g/mol. The molecule has 0 aliphatic carbocycles. The van der Waals surface area contributed by atoms with Gasteiger partial charge in [-0.3, -0.25) is 9.59 Å². The Morgan fingerprint density at radius 2 is 1.80 bits per heavy atom. The van der Waals surface area contributed by atoms with Gasteiger partial charge in [0.05, 0.1) is 36.8 Å². The largest absolute Gasteiger partial charge is 0.493 e. The lowest BCUT2D eigenvalue weighted by molar-refractivity contribution is -0.122. The number of para-hydroxylation sites is 2. The molecule has 0 spiro atoms. The Bertz CT molecular complexity index is 1540. The number of H-pyrrole nitrogens is 1. The van der Waals surface area contributed by atoms with Crippen LogP contribution in [0.1, 0.15) is 17.4 Å². The van der Waals surface area contributed by atoms with E-state index in [4.69, 9.17) is 9.47 Å². The summed E-state index contributed by atoms with van der Waals surface area (Å²) in [6.45, 7) is -0.279. The van der Waals surface area contributed by atoms with Gasteiger partial charge in [-0.1, -0.05) is 42.5 Å². The fourth-order valence-electron chi connectivity index (χ4n) is 4.10. The summed E-state index contributed by atoms with van der Waals surface area (Å²) in [5.74, 6) is 0.926. The van der Waals surface area contributed by atoms with Crippen molar-refractivity contribution in [2.24, 2.45) is 0 Å². The lowest BCUT2D eigenvalue weighted by Crippen LogP contribution is -2.36. The summed E-state index contributed by atoms with van der Waals surface area (Å²) < 4.78 is 11.8. The first-order valence-corrected chi connectivity index (χ1v) is 11.0. The van der Waals surface area contributed by atoms with Crippen LogP contribution in [-0.2, 0) is 11.3 Å². The average Bonchev–Trinajstić information content (AvgIpc) is 3.32. The SMILES string of the molecule is COc1ccc2cnn(CC(=O)N[C@H](c3ccccc3)c3nc4ccccc4[nH]3)c(=O)c2c1OC. The smallest absolute Gasteiger partial charge is 0.279 e. The zero-order chi connectivity index (χ0) is 24.4. The van der Waals surface area contributed by atoms with Crippen LogP contribution < -0.4 is 20.3 Å². The number of amides is 1. The minimum Gasteiger partial charge on any atom is -0.493 e. The van der Waals surface area contributed by atoms with Gasteiger partial charge in [0.1, 0.15) is 18.4 Å². The van der Waals surface area contributed by atoms with Gasteiger partial charge < -0.3 is 19.8 Å². The van der Waals surface area contributed by atoms with Crippen molar-refractivity contribution in [3.05, 3.63) is 94.7 Å². The number of fused-ring (bicyclic) bond motifs is 2. The molecule has 2 N–H and O–H groups in total. The number of nitrogens with zero attached hydrogens (tertiary/aromatic N) is 3. The molecule has 5 aromatic rings. The molecule has 0 aliphatic heterocycles. The summed E-state index contributed by atoms with van der Waals surface area (Å²) in [5.41, 5.74) is 2.07. The number of rotatable bonds is 7. The van der Waals surface area contributed by atoms with Gasteiger partial charge in [0.25, 0.3) is 5.56 Å². The van der Waals surface area contributed by atoms with Gasteiger partial charge in [-0.25, -0.2) is 9.67 Å². The van der Waals surface area contributed by atoms with E-state index in [1.807, 2.05) is 54.6 Å². The number of imidazole rings is 1. The molecule has 0 saturated carbocycles. The molecule has 35 heavy (non-hydrogen) atoms. The predicted octanol–water partition coefficient (Wildman–Crippen LogP) is 3.20. The molecule has 9 nitrogen and oxygen atoms in total. The Hall–Kier alpha value is -4.66. The van der Waals surface area contributed by atoms with Crippen molar-refractivity contribution >= 4 is 27.7 Å². The lowest BCUT2D eigenvalue weighted by atomic mass is 10.1. The fourth-order valence-corrected chi connectivity index (χ4v) is 4.10. The molecule has 9 heteroatoms. The molecule has 0 radical (unpaired) electrons. The van der Waals surface area contributed by atoms with E-state index in [9.17, 15) is 9.59 Å². The van der Waals surface area contributed by atoms with Gasteiger partial charge >= 0.3 is 0 Å². The second-order valence-corrected chi connectivity index (χ2v) is 7.92. The molecule has 176 valence electrons. The van der Waals surface area contributed by atoms with Crippen molar-refractivity contribution in [1.82, 2.24) is 25.1 Å². The Morgan fingerprint density at radius 3 is 2.54 bits per heavy atom. The number of hydrogen-bond donors (Lipinski definition) is 2. The molecule has 0 bridgehead atoms. The van der Waals surface area contributed by atoms with Crippen LogP contribution in [0.25, 0.3) is 21.8 Å². The highest BCUT2D eigenvalue weighted by Crippen LogP contribution is 2.32. The number of nitrogens with one attached hydrogen (secondary N) is 2. The second-order valence-electron chi connectivity index (χ2n) is 7.92.